The van der Waals surface area contributed by atoms with Crippen LogP contribution < -0.4 is 4.74 Å². The van der Waals surface area contributed by atoms with Crippen molar-refractivity contribution in [1.82, 2.24) is 0 Å². The molecule has 0 spiro atoms. The van der Waals surface area contributed by atoms with Gasteiger partial charge in [-0.15, -0.1) is 0 Å². The van der Waals surface area contributed by atoms with Crippen molar-refractivity contribution in [3.8, 4) is 11.5 Å². The summed E-state index contributed by atoms with van der Waals surface area (Å²) in [5.41, 5.74) is 2.54. The molecule has 1 nitrogen and oxygen atoms in total. The van der Waals surface area contributed by atoms with E-state index in [2.05, 4.69) is 24.3 Å². The summed E-state index contributed by atoms with van der Waals surface area (Å²) in [6, 6.07) is 16.4. The quantitative estimate of drug-likeness (QED) is 0.520. The lowest BCUT2D eigenvalue weighted by Crippen LogP contribution is -2.01. The number of ether oxygens (including phenoxy) is 1. The van der Waals surface area contributed by atoms with Crippen LogP contribution in [0.5, 0.6) is 11.5 Å². The van der Waals surface area contributed by atoms with E-state index in [4.69, 9.17) is 4.74 Å². The molecular formula is C13H14OSi. The fraction of sp³-hybridized carbons (Fsp3) is 0.0769. The van der Waals surface area contributed by atoms with Crippen LogP contribution in [0.1, 0.15) is 11.1 Å². The maximum absolute atomic E-state index is 5.78. The molecule has 1 aliphatic rings. The van der Waals surface area contributed by atoms with Gasteiger partial charge in [0.15, 0.2) is 0 Å². The summed E-state index contributed by atoms with van der Waals surface area (Å²) in [5.74, 6) is 1.98. The number of benzene rings is 2. The summed E-state index contributed by atoms with van der Waals surface area (Å²) in [6.45, 7) is 0. The van der Waals surface area contributed by atoms with Crippen molar-refractivity contribution in [1.29, 1.82) is 0 Å². The zero-order chi connectivity index (χ0) is 9.38. The van der Waals surface area contributed by atoms with E-state index in [-0.39, 0.29) is 11.0 Å². The van der Waals surface area contributed by atoms with Gasteiger partial charge in [-0.3, -0.25) is 0 Å². The van der Waals surface area contributed by atoms with Crippen LogP contribution in [0.2, 0.25) is 0 Å². The van der Waals surface area contributed by atoms with Gasteiger partial charge in [0.05, 0.1) is 0 Å². The Morgan fingerprint density at radius 1 is 0.733 bits per heavy atom. The summed E-state index contributed by atoms with van der Waals surface area (Å²) in [5, 5.41) is 0. The van der Waals surface area contributed by atoms with E-state index in [0.717, 1.165) is 17.9 Å². The van der Waals surface area contributed by atoms with Crippen molar-refractivity contribution in [3.05, 3.63) is 59.7 Å². The molecule has 2 heteroatoms. The standard InChI is InChI=1S/C13H10O.H4Si/c1-3-7-12-10(5-1)9-11-6-2-4-8-13(11)14-12;/h1-8H,9H2;1H4. The molecule has 76 valence electrons. The van der Waals surface area contributed by atoms with Crippen LogP contribution in [0, 0.1) is 0 Å². The molecule has 0 saturated heterocycles. The molecule has 0 aliphatic carbocycles. The van der Waals surface area contributed by atoms with Gasteiger partial charge in [0.1, 0.15) is 11.5 Å². The summed E-state index contributed by atoms with van der Waals surface area (Å²) in [7, 11) is 0. The molecule has 0 aromatic heterocycles. The number of para-hydroxylation sites is 2. The monoisotopic (exact) mass is 214 g/mol. The second-order valence-electron chi connectivity index (χ2n) is 3.49. The minimum Gasteiger partial charge on any atom is -0.457 e. The highest BCUT2D eigenvalue weighted by Gasteiger charge is 2.14. The normalized spacial score (nSPS) is 11.7. The molecular weight excluding hydrogens is 200 g/mol. The molecule has 0 amide bonds. The van der Waals surface area contributed by atoms with E-state index in [1.807, 2.05) is 24.3 Å². The van der Waals surface area contributed by atoms with Gasteiger partial charge in [-0.05, 0) is 34.2 Å². The fourth-order valence-corrected chi connectivity index (χ4v) is 1.82. The smallest absolute Gasteiger partial charge is 0.130 e. The van der Waals surface area contributed by atoms with Crippen molar-refractivity contribution in [2.75, 3.05) is 0 Å². The Hall–Kier alpha value is -1.54. The van der Waals surface area contributed by atoms with Crippen LogP contribution >= 0.6 is 0 Å². The average Bonchev–Trinajstić information content (AvgIpc) is 2.26. The molecule has 2 aromatic rings. The predicted octanol–water partition coefficient (Wildman–Crippen LogP) is 1.93. The van der Waals surface area contributed by atoms with Gasteiger partial charge in [-0.1, -0.05) is 36.4 Å². The molecule has 1 aliphatic heterocycles. The van der Waals surface area contributed by atoms with Crippen LogP contribution in [-0.4, -0.2) is 11.0 Å². The molecule has 0 radical (unpaired) electrons. The number of fused-ring (bicyclic) bond motifs is 2. The topological polar surface area (TPSA) is 9.23 Å². The Morgan fingerprint density at radius 3 is 1.73 bits per heavy atom. The van der Waals surface area contributed by atoms with Crippen molar-refractivity contribution in [3.63, 3.8) is 0 Å². The number of hydrogen-bond acceptors (Lipinski definition) is 1. The highest BCUT2D eigenvalue weighted by molar-refractivity contribution is 5.75. The third-order valence-corrected chi connectivity index (χ3v) is 2.55. The molecule has 15 heavy (non-hydrogen) atoms. The number of rotatable bonds is 0. The van der Waals surface area contributed by atoms with Crippen LogP contribution in [0.25, 0.3) is 0 Å². The van der Waals surface area contributed by atoms with Crippen LogP contribution in [0.15, 0.2) is 48.5 Å². The molecule has 0 N–H and O–H groups in total. The Labute approximate surface area is 93.7 Å². The van der Waals surface area contributed by atoms with Gasteiger partial charge in [0.2, 0.25) is 0 Å². The van der Waals surface area contributed by atoms with Crippen molar-refractivity contribution in [2.24, 2.45) is 0 Å². The average molecular weight is 214 g/mol. The van der Waals surface area contributed by atoms with E-state index in [9.17, 15) is 0 Å². The van der Waals surface area contributed by atoms with Crippen LogP contribution in [0.3, 0.4) is 0 Å². The van der Waals surface area contributed by atoms with Gasteiger partial charge in [-0.2, -0.15) is 0 Å². The Kier molecular flexibility index (Phi) is 2.60. The Balaban J connectivity index is 0.000000853. The van der Waals surface area contributed by atoms with Crippen LogP contribution in [0.4, 0.5) is 0 Å². The van der Waals surface area contributed by atoms with Gasteiger partial charge >= 0.3 is 0 Å². The second-order valence-corrected chi connectivity index (χ2v) is 3.49. The van der Waals surface area contributed by atoms with Crippen molar-refractivity contribution < 1.29 is 4.74 Å². The molecule has 0 saturated carbocycles. The molecule has 1 heterocycles. The third kappa shape index (κ3) is 1.68. The van der Waals surface area contributed by atoms with Gasteiger partial charge < -0.3 is 4.74 Å². The molecule has 3 rings (SSSR count). The van der Waals surface area contributed by atoms with Gasteiger partial charge in [-0.25, -0.2) is 0 Å². The van der Waals surface area contributed by atoms with E-state index in [1.54, 1.807) is 0 Å². The largest absolute Gasteiger partial charge is 0.457 e. The first-order valence-corrected chi connectivity index (χ1v) is 4.77. The molecule has 0 atom stereocenters. The first-order valence-electron chi connectivity index (χ1n) is 4.77. The van der Waals surface area contributed by atoms with E-state index >= 15 is 0 Å². The lowest BCUT2D eigenvalue weighted by molar-refractivity contribution is 0.460. The maximum Gasteiger partial charge on any atom is 0.130 e. The van der Waals surface area contributed by atoms with Gasteiger partial charge in [0.25, 0.3) is 0 Å². The minimum absolute atomic E-state index is 0. The molecule has 0 unspecified atom stereocenters. The Bertz CT molecular complexity index is 392. The fourth-order valence-electron chi connectivity index (χ4n) is 1.82. The Morgan fingerprint density at radius 2 is 1.20 bits per heavy atom. The first-order chi connectivity index (χ1) is 6.93. The molecule has 0 fully saturated rings. The molecule has 0 bridgehead atoms. The predicted molar refractivity (Wildman–Crippen MR) is 67.1 cm³/mol. The van der Waals surface area contributed by atoms with Crippen molar-refractivity contribution in [2.45, 2.75) is 6.42 Å². The van der Waals surface area contributed by atoms with Gasteiger partial charge in [0, 0.05) is 6.42 Å². The summed E-state index contributed by atoms with van der Waals surface area (Å²) in [6.07, 6.45) is 0.979. The summed E-state index contributed by atoms with van der Waals surface area (Å²) < 4.78 is 5.78. The zero-order valence-electron chi connectivity index (χ0n) is 7.73. The summed E-state index contributed by atoms with van der Waals surface area (Å²) >= 11 is 0. The third-order valence-electron chi connectivity index (χ3n) is 2.55. The van der Waals surface area contributed by atoms with Crippen LogP contribution in [-0.2, 0) is 6.42 Å². The SMILES string of the molecule is [SiH4].c1ccc2c(c1)Cc1ccccc1O2. The van der Waals surface area contributed by atoms with E-state index in [1.165, 1.54) is 11.1 Å². The lowest BCUT2D eigenvalue weighted by Gasteiger charge is -2.19. The van der Waals surface area contributed by atoms with E-state index in [0.29, 0.717) is 0 Å². The first kappa shape index (κ1) is 9.99. The number of hydrogen-bond donors (Lipinski definition) is 0. The minimum atomic E-state index is 0. The highest BCUT2D eigenvalue weighted by Crippen LogP contribution is 2.35. The highest BCUT2D eigenvalue weighted by atomic mass is 28.1. The van der Waals surface area contributed by atoms with E-state index < -0.39 is 0 Å². The maximum atomic E-state index is 5.78. The van der Waals surface area contributed by atoms with Crippen molar-refractivity contribution >= 4 is 11.0 Å². The molecule has 2 aromatic carbocycles. The second kappa shape index (κ2) is 3.91. The summed E-state index contributed by atoms with van der Waals surface area (Å²) in [4.78, 5) is 0. The zero-order valence-corrected chi connectivity index (χ0v) is 7.73. The lowest BCUT2D eigenvalue weighted by atomic mass is 10.0.